The van der Waals surface area contributed by atoms with Crippen LogP contribution in [0.2, 0.25) is 0 Å². The summed E-state index contributed by atoms with van der Waals surface area (Å²) >= 11 is 0. The summed E-state index contributed by atoms with van der Waals surface area (Å²) in [6, 6.07) is 10.4. The van der Waals surface area contributed by atoms with Crippen LogP contribution in [-0.4, -0.2) is 19.9 Å². The second kappa shape index (κ2) is 7.88. The summed E-state index contributed by atoms with van der Waals surface area (Å²) in [4.78, 5) is 3.40. The van der Waals surface area contributed by atoms with Crippen LogP contribution < -0.4 is 10.5 Å². The zero-order valence-corrected chi connectivity index (χ0v) is 16.1. The molecule has 1 heterocycles. The lowest BCUT2D eigenvalue weighted by Crippen LogP contribution is -2.19. The van der Waals surface area contributed by atoms with E-state index >= 15 is 0 Å². The predicted molar refractivity (Wildman–Crippen MR) is 102 cm³/mol. The predicted octanol–water partition coefficient (Wildman–Crippen LogP) is 3.97. The van der Waals surface area contributed by atoms with Crippen LogP contribution in [0.3, 0.4) is 0 Å². The van der Waals surface area contributed by atoms with E-state index in [2.05, 4.69) is 10.3 Å². The van der Waals surface area contributed by atoms with Crippen LogP contribution in [0.25, 0.3) is 11.5 Å². The Hall–Kier alpha value is -2.85. The summed E-state index contributed by atoms with van der Waals surface area (Å²) in [5.74, 6) is 0.455. The van der Waals surface area contributed by atoms with E-state index in [0.29, 0.717) is 18.0 Å². The number of alkyl halides is 3. The van der Waals surface area contributed by atoms with Gasteiger partial charge in [0.15, 0.2) is 0 Å². The molecule has 2 aromatic carbocycles. The van der Waals surface area contributed by atoms with Gasteiger partial charge in [0.05, 0.1) is 16.2 Å². The molecule has 29 heavy (non-hydrogen) atoms. The molecule has 0 saturated heterocycles. The molecule has 0 aliphatic heterocycles. The third-order valence-corrected chi connectivity index (χ3v) is 5.12. The number of anilines is 1. The Morgan fingerprint density at radius 1 is 1.14 bits per heavy atom. The van der Waals surface area contributed by atoms with Crippen molar-refractivity contribution in [3.63, 3.8) is 0 Å². The first-order valence-corrected chi connectivity index (χ1v) is 10.1. The normalized spacial score (nSPS) is 12.2. The lowest BCUT2D eigenvalue weighted by molar-refractivity contribution is -0.139. The maximum atomic E-state index is 13.2. The molecular weight excluding hydrogens is 407 g/mol. The van der Waals surface area contributed by atoms with Crippen LogP contribution >= 0.6 is 0 Å². The minimum atomic E-state index is -4.85. The number of nitrogens with one attached hydrogen (secondary N) is 1. The van der Waals surface area contributed by atoms with E-state index in [1.165, 1.54) is 12.3 Å². The number of primary sulfonamides is 1. The highest BCUT2D eigenvalue weighted by atomic mass is 32.2. The summed E-state index contributed by atoms with van der Waals surface area (Å²) < 4.78 is 67.7. The van der Waals surface area contributed by atoms with Gasteiger partial charge in [0.2, 0.25) is 15.9 Å². The van der Waals surface area contributed by atoms with Crippen LogP contribution in [0, 0.1) is 6.92 Å². The van der Waals surface area contributed by atoms with E-state index in [1.807, 2.05) is 31.2 Å². The van der Waals surface area contributed by atoms with Crippen molar-refractivity contribution in [2.45, 2.75) is 24.4 Å². The fourth-order valence-corrected chi connectivity index (χ4v) is 3.43. The molecule has 6 nitrogen and oxygen atoms in total. The van der Waals surface area contributed by atoms with Gasteiger partial charge in [-0.15, -0.1) is 0 Å². The van der Waals surface area contributed by atoms with Gasteiger partial charge in [0.1, 0.15) is 6.26 Å². The number of oxazole rings is 1. The fraction of sp³-hybridized carbons (Fsp3) is 0.211. The van der Waals surface area contributed by atoms with Crippen molar-refractivity contribution in [2.75, 3.05) is 11.9 Å². The number of rotatable bonds is 6. The molecule has 0 fully saturated rings. The molecule has 10 heteroatoms. The molecule has 0 aliphatic rings. The average molecular weight is 425 g/mol. The number of halogens is 3. The molecule has 3 N–H and O–H groups in total. The highest BCUT2D eigenvalue weighted by Gasteiger charge is 2.36. The molecule has 0 bridgehead atoms. The van der Waals surface area contributed by atoms with E-state index in [4.69, 9.17) is 9.56 Å². The Morgan fingerprint density at radius 2 is 1.83 bits per heavy atom. The number of aryl methyl sites for hydroxylation is 1. The molecule has 0 saturated carbocycles. The minimum absolute atomic E-state index is 0.118. The van der Waals surface area contributed by atoms with Crippen molar-refractivity contribution in [1.82, 2.24) is 4.98 Å². The Kier molecular flexibility index (Phi) is 5.67. The Bertz CT molecular complexity index is 1110. The average Bonchev–Trinajstić information content (AvgIpc) is 3.09. The molecular formula is C19H18F3N3O3S. The maximum absolute atomic E-state index is 13.2. The van der Waals surface area contributed by atoms with Crippen molar-refractivity contribution in [1.29, 1.82) is 0 Å². The highest BCUT2D eigenvalue weighted by Crippen LogP contribution is 2.35. The van der Waals surface area contributed by atoms with Crippen LogP contribution in [0.15, 0.2) is 58.0 Å². The van der Waals surface area contributed by atoms with Gasteiger partial charge in [-0.2, -0.15) is 13.2 Å². The molecule has 0 radical (unpaired) electrons. The fourth-order valence-electron chi connectivity index (χ4n) is 2.70. The largest absolute Gasteiger partial charge is 0.444 e. The number of aromatic nitrogens is 1. The summed E-state index contributed by atoms with van der Waals surface area (Å²) in [7, 11) is -4.49. The summed E-state index contributed by atoms with van der Waals surface area (Å²) in [6.45, 7) is 2.24. The molecule has 0 unspecified atom stereocenters. The Morgan fingerprint density at radius 3 is 2.45 bits per heavy atom. The zero-order chi connectivity index (χ0) is 21.2. The summed E-state index contributed by atoms with van der Waals surface area (Å²) in [6.07, 6.45) is -2.97. The van der Waals surface area contributed by atoms with Gasteiger partial charge in [0.25, 0.3) is 0 Å². The second-order valence-corrected chi connectivity index (χ2v) is 7.97. The van der Waals surface area contributed by atoms with Gasteiger partial charge in [-0.25, -0.2) is 18.5 Å². The van der Waals surface area contributed by atoms with Gasteiger partial charge in [-0.1, -0.05) is 17.7 Å². The summed E-state index contributed by atoms with van der Waals surface area (Å²) in [5, 5.41) is 7.70. The zero-order valence-electron chi connectivity index (χ0n) is 15.3. The molecule has 0 spiro atoms. The first-order valence-electron chi connectivity index (χ1n) is 8.53. The van der Waals surface area contributed by atoms with Gasteiger partial charge < -0.3 is 9.73 Å². The van der Waals surface area contributed by atoms with E-state index in [9.17, 15) is 21.6 Å². The van der Waals surface area contributed by atoms with E-state index in [-0.39, 0.29) is 12.2 Å². The van der Waals surface area contributed by atoms with Crippen molar-refractivity contribution in [3.05, 3.63) is 65.5 Å². The third kappa shape index (κ3) is 5.15. The molecule has 1 aromatic heterocycles. The van der Waals surface area contributed by atoms with Crippen molar-refractivity contribution < 1.29 is 26.0 Å². The number of hydrogen-bond acceptors (Lipinski definition) is 5. The first-order chi connectivity index (χ1) is 13.5. The van der Waals surface area contributed by atoms with E-state index < -0.39 is 26.7 Å². The first kappa shape index (κ1) is 20.9. The number of nitrogens with two attached hydrogens (primary N) is 1. The van der Waals surface area contributed by atoms with Crippen LogP contribution in [0.5, 0.6) is 0 Å². The quantitative estimate of drug-likeness (QED) is 0.623. The number of nitrogens with zero attached hydrogens (tertiary/aromatic N) is 1. The third-order valence-electron chi connectivity index (χ3n) is 4.15. The lowest BCUT2D eigenvalue weighted by atomic mass is 10.1. The standard InChI is InChI=1S/C19H18F3N3O3S/c1-12-2-4-13(5-3-12)18-25-15(11-28-18)8-9-24-14-6-7-17(29(23,26)27)16(10-14)19(20,21)22/h2-7,10-11,24H,8-9H2,1H3,(H2,23,26,27). The minimum Gasteiger partial charge on any atom is -0.444 e. The van der Waals surface area contributed by atoms with Gasteiger partial charge in [-0.3, -0.25) is 0 Å². The van der Waals surface area contributed by atoms with Gasteiger partial charge in [0, 0.05) is 24.2 Å². The molecule has 0 aliphatic carbocycles. The molecule has 3 aromatic rings. The molecule has 0 amide bonds. The Labute approximate surface area is 165 Å². The molecule has 0 atom stereocenters. The van der Waals surface area contributed by atoms with Crippen LogP contribution in [0.4, 0.5) is 18.9 Å². The van der Waals surface area contributed by atoms with Gasteiger partial charge in [-0.05, 0) is 37.3 Å². The van der Waals surface area contributed by atoms with Crippen LogP contribution in [0.1, 0.15) is 16.8 Å². The maximum Gasteiger partial charge on any atom is 0.417 e. The Balaban J connectivity index is 1.69. The smallest absolute Gasteiger partial charge is 0.417 e. The monoisotopic (exact) mass is 425 g/mol. The number of sulfonamides is 1. The SMILES string of the molecule is Cc1ccc(-c2nc(CCNc3ccc(S(N)(=O)=O)c(C(F)(F)F)c3)co2)cc1. The highest BCUT2D eigenvalue weighted by molar-refractivity contribution is 7.89. The number of hydrogen-bond donors (Lipinski definition) is 2. The topological polar surface area (TPSA) is 98.2 Å². The van der Waals surface area contributed by atoms with Gasteiger partial charge >= 0.3 is 6.18 Å². The molecule has 3 rings (SSSR count). The van der Waals surface area contributed by atoms with Crippen molar-refractivity contribution in [3.8, 4) is 11.5 Å². The second-order valence-electron chi connectivity index (χ2n) is 6.44. The van der Waals surface area contributed by atoms with Crippen molar-refractivity contribution in [2.24, 2.45) is 5.14 Å². The number of benzene rings is 2. The molecule has 154 valence electrons. The van der Waals surface area contributed by atoms with Crippen LogP contribution in [-0.2, 0) is 22.6 Å². The van der Waals surface area contributed by atoms with E-state index in [1.54, 1.807) is 0 Å². The van der Waals surface area contributed by atoms with E-state index in [0.717, 1.165) is 23.3 Å². The summed E-state index contributed by atoms with van der Waals surface area (Å²) in [5.41, 5.74) is 1.37. The van der Waals surface area contributed by atoms with Crippen molar-refractivity contribution >= 4 is 15.7 Å². The lowest BCUT2D eigenvalue weighted by Gasteiger charge is -2.14.